The zero-order valence-corrected chi connectivity index (χ0v) is 12.9. The van der Waals surface area contributed by atoms with Crippen molar-refractivity contribution >= 4 is 26.0 Å². The fourth-order valence-electron chi connectivity index (χ4n) is 1.92. The van der Waals surface area contributed by atoms with E-state index in [0.29, 0.717) is 26.1 Å². The summed E-state index contributed by atoms with van der Waals surface area (Å²) in [6, 6.07) is 0. The van der Waals surface area contributed by atoms with Gasteiger partial charge in [-0.2, -0.15) is 0 Å². The lowest BCUT2D eigenvalue weighted by Crippen LogP contribution is -2.50. The Hall–Kier alpha value is 0.350. The van der Waals surface area contributed by atoms with Crippen LogP contribution in [0.4, 0.5) is 0 Å². The van der Waals surface area contributed by atoms with Crippen molar-refractivity contribution in [1.82, 2.24) is 4.72 Å². The normalized spacial score (nSPS) is 22.3. The van der Waals surface area contributed by atoms with Gasteiger partial charge in [0.25, 0.3) is 0 Å². The highest BCUT2D eigenvalue weighted by atomic mass is 79.9. The minimum atomic E-state index is -3.23. The maximum Gasteiger partial charge on any atom is 0.215 e. The number of hydrogen-bond donors (Lipinski definition) is 1. The van der Waals surface area contributed by atoms with E-state index in [1.54, 1.807) is 0 Å². The first-order valence-electron chi connectivity index (χ1n) is 6.10. The number of halogens is 1. The van der Waals surface area contributed by atoms with E-state index < -0.39 is 10.0 Å². The standard InChI is InChI=1S/C11H22BrNO3S/c1-3-11(2,6-7-12)13-17(14,15)10-4-8-16-9-5-10/h10,13H,3-9H2,1-2H3. The van der Waals surface area contributed by atoms with E-state index in [1.165, 1.54) is 0 Å². The molecule has 1 unspecified atom stereocenters. The van der Waals surface area contributed by atoms with Crippen LogP contribution in [0, 0.1) is 0 Å². The molecule has 1 aliphatic heterocycles. The Morgan fingerprint density at radius 2 is 2.00 bits per heavy atom. The average molecular weight is 328 g/mol. The van der Waals surface area contributed by atoms with Crippen LogP contribution in [0.5, 0.6) is 0 Å². The molecule has 1 heterocycles. The van der Waals surface area contributed by atoms with Crippen molar-refractivity contribution in [3.8, 4) is 0 Å². The van der Waals surface area contributed by atoms with Gasteiger partial charge in [-0.05, 0) is 32.6 Å². The van der Waals surface area contributed by atoms with Gasteiger partial charge in [0.2, 0.25) is 10.0 Å². The van der Waals surface area contributed by atoms with E-state index in [9.17, 15) is 8.42 Å². The Balaban J connectivity index is 2.69. The predicted octanol–water partition coefficient (Wildman–Crippen LogP) is 2.04. The van der Waals surface area contributed by atoms with Gasteiger partial charge < -0.3 is 4.74 Å². The highest BCUT2D eigenvalue weighted by molar-refractivity contribution is 9.09. The van der Waals surface area contributed by atoms with Crippen molar-refractivity contribution in [2.75, 3.05) is 18.5 Å². The summed E-state index contributed by atoms with van der Waals surface area (Å²) in [5.41, 5.74) is -0.347. The smallest absolute Gasteiger partial charge is 0.215 e. The Morgan fingerprint density at radius 3 is 2.47 bits per heavy atom. The lowest BCUT2D eigenvalue weighted by molar-refractivity contribution is 0.0979. The molecule has 1 atom stereocenters. The zero-order valence-electron chi connectivity index (χ0n) is 10.5. The second-order valence-electron chi connectivity index (χ2n) is 4.81. The minimum Gasteiger partial charge on any atom is -0.381 e. The van der Waals surface area contributed by atoms with Gasteiger partial charge in [-0.25, -0.2) is 13.1 Å². The predicted molar refractivity (Wildman–Crippen MR) is 73.0 cm³/mol. The lowest BCUT2D eigenvalue weighted by Gasteiger charge is -2.32. The van der Waals surface area contributed by atoms with Crippen molar-refractivity contribution in [3.63, 3.8) is 0 Å². The summed E-state index contributed by atoms with van der Waals surface area (Å²) in [5, 5.41) is 0.505. The first kappa shape index (κ1) is 15.4. The molecule has 1 rings (SSSR count). The second-order valence-corrected chi connectivity index (χ2v) is 7.57. The van der Waals surface area contributed by atoms with Gasteiger partial charge >= 0.3 is 0 Å². The fraction of sp³-hybridized carbons (Fsp3) is 1.00. The Bertz CT molecular complexity index is 328. The molecule has 1 saturated heterocycles. The van der Waals surface area contributed by atoms with Crippen LogP contribution >= 0.6 is 15.9 Å². The summed E-state index contributed by atoms with van der Waals surface area (Å²) < 4.78 is 32.6. The summed E-state index contributed by atoms with van der Waals surface area (Å²) in [7, 11) is -3.23. The molecule has 0 aromatic rings. The number of nitrogens with one attached hydrogen (secondary N) is 1. The Kier molecular flexibility index (Phi) is 5.89. The quantitative estimate of drug-likeness (QED) is 0.759. The molecule has 1 fully saturated rings. The highest BCUT2D eigenvalue weighted by Gasteiger charge is 2.33. The summed E-state index contributed by atoms with van der Waals surface area (Å²) in [6.07, 6.45) is 2.79. The Labute approximate surface area is 113 Å². The van der Waals surface area contributed by atoms with Gasteiger partial charge in [0, 0.05) is 24.1 Å². The second kappa shape index (κ2) is 6.50. The third-order valence-corrected chi connectivity index (χ3v) is 5.95. The fourth-order valence-corrected chi connectivity index (χ4v) is 4.71. The van der Waals surface area contributed by atoms with E-state index in [1.807, 2.05) is 13.8 Å². The largest absolute Gasteiger partial charge is 0.381 e. The molecule has 0 aromatic carbocycles. The van der Waals surface area contributed by atoms with E-state index in [4.69, 9.17) is 4.74 Å². The molecule has 17 heavy (non-hydrogen) atoms. The third kappa shape index (κ3) is 4.50. The molecule has 0 radical (unpaired) electrons. The molecule has 4 nitrogen and oxygen atoms in total. The number of sulfonamides is 1. The number of ether oxygens (including phenoxy) is 1. The molecule has 0 aliphatic carbocycles. The first-order valence-corrected chi connectivity index (χ1v) is 8.77. The monoisotopic (exact) mass is 327 g/mol. The van der Waals surface area contributed by atoms with Crippen molar-refractivity contribution < 1.29 is 13.2 Å². The van der Waals surface area contributed by atoms with E-state index >= 15 is 0 Å². The average Bonchev–Trinajstić information content (AvgIpc) is 2.30. The maximum atomic E-state index is 12.3. The molecule has 0 spiro atoms. The molecule has 102 valence electrons. The molecule has 1 N–H and O–H groups in total. The number of rotatable bonds is 6. The van der Waals surface area contributed by atoms with Gasteiger partial charge in [-0.3, -0.25) is 0 Å². The molecule has 0 amide bonds. The van der Waals surface area contributed by atoms with E-state index in [0.717, 1.165) is 18.2 Å². The van der Waals surface area contributed by atoms with Crippen LogP contribution in [0.15, 0.2) is 0 Å². The summed E-state index contributed by atoms with van der Waals surface area (Å²) in [4.78, 5) is 0. The van der Waals surface area contributed by atoms with Gasteiger partial charge in [0.15, 0.2) is 0 Å². The third-order valence-electron chi connectivity index (χ3n) is 3.42. The molecule has 1 aliphatic rings. The van der Waals surface area contributed by atoms with Gasteiger partial charge in [-0.1, -0.05) is 22.9 Å². The number of hydrogen-bond acceptors (Lipinski definition) is 3. The van der Waals surface area contributed by atoms with Crippen LogP contribution in [0.2, 0.25) is 0 Å². The van der Waals surface area contributed by atoms with Crippen molar-refractivity contribution in [3.05, 3.63) is 0 Å². The Morgan fingerprint density at radius 1 is 1.41 bits per heavy atom. The topological polar surface area (TPSA) is 55.4 Å². The molecule has 6 heteroatoms. The van der Waals surface area contributed by atoms with Crippen LogP contribution in [0.1, 0.15) is 39.5 Å². The summed E-state index contributed by atoms with van der Waals surface area (Å²) in [6.45, 7) is 5.07. The molecule has 0 aromatic heterocycles. The summed E-state index contributed by atoms with van der Waals surface area (Å²) in [5.74, 6) is 0. The van der Waals surface area contributed by atoms with Gasteiger partial charge in [0.1, 0.15) is 0 Å². The molecule has 0 bridgehead atoms. The van der Waals surface area contributed by atoms with Crippen LogP contribution in [0.25, 0.3) is 0 Å². The minimum absolute atomic E-state index is 0.294. The molecule has 0 saturated carbocycles. The number of alkyl halides is 1. The van der Waals surface area contributed by atoms with Gasteiger partial charge in [-0.15, -0.1) is 0 Å². The van der Waals surface area contributed by atoms with Crippen molar-refractivity contribution in [1.29, 1.82) is 0 Å². The SMILES string of the molecule is CCC(C)(CCBr)NS(=O)(=O)C1CCOCC1. The van der Waals surface area contributed by atoms with Gasteiger partial charge in [0.05, 0.1) is 5.25 Å². The maximum absolute atomic E-state index is 12.3. The van der Waals surface area contributed by atoms with Crippen molar-refractivity contribution in [2.24, 2.45) is 0 Å². The summed E-state index contributed by atoms with van der Waals surface area (Å²) >= 11 is 3.37. The van der Waals surface area contributed by atoms with Crippen molar-refractivity contribution in [2.45, 2.75) is 50.3 Å². The lowest BCUT2D eigenvalue weighted by atomic mass is 9.98. The zero-order chi connectivity index (χ0) is 12.9. The first-order chi connectivity index (χ1) is 7.93. The van der Waals surface area contributed by atoms with Crippen LogP contribution in [0.3, 0.4) is 0 Å². The molecular formula is C11H22BrNO3S. The highest BCUT2D eigenvalue weighted by Crippen LogP contribution is 2.21. The molecular weight excluding hydrogens is 306 g/mol. The van der Waals surface area contributed by atoms with Crippen LogP contribution in [-0.2, 0) is 14.8 Å². The van der Waals surface area contributed by atoms with Crippen LogP contribution in [-0.4, -0.2) is 37.8 Å². The van der Waals surface area contributed by atoms with E-state index in [2.05, 4.69) is 20.7 Å². The van der Waals surface area contributed by atoms with E-state index in [-0.39, 0.29) is 10.8 Å². The van der Waals surface area contributed by atoms with Crippen LogP contribution < -0.4 is 4.72 Å².